The molecule has 0 saturated heterocycles. The maximum absolute atomic E-state index is 10.7. The van der Waals surface area contributed by atoms with E-state index in [1.807, 2.05) is 83.5 Å². The second-order valence-corrected chi connectivity index (χ2v) is 8.08. The molecule has 4 heteroatoms. The van der Waals surface area contributed by atoms with Crippen LogP contribution in [0.2, 0.25) is 0 Å². The highest BCUT2D eigenvalue weighted by Gasteiger charge is 2.17. The minimum absolute atomic E-state index is 0.0200. The second kappa shape index (κ2) is 9.05. The molecule has 162 valence electrons. The molecule has 0 unspecified atom stereocenters. The Balaban J connectivity index is 1.56. The van der Waals surface area contributed by atoms with Gasteiger partial charge in [-0.1, -0.05) is 78.9 Å². The maximum Gasteiger partial charge on any atom is 0.128 e. The van der Waals surface area contributed by atoms with E-state index in [9.17, 15) is 10.2 Å². The van der Waals surface area contributed by atoms with E-state index in [1.165, 1.54) is 11.6 Å². The fourth-order valence-corrected chi connectivity index (χ4v) is 4.17. The van der Waals surface area contributed by atoms with Crippen molar-refractivity contribution in [2.75, 3.05) is 0 Å². The molecule has 33 heavy (non-hydrogen) atoms. The van der Waals surface area contributed by atoms with E-state index < -0.39 is 0 Å². The van der Waals surface area contributed by atoms with Crippen LogP contribution >= 0.6 is 0 Å². The van der Waals surface area contributed by atoms with Crippen molar-refractivity contribution in [3.05, 3.63) is 132 Å². The standard InChI is InChI=1S/C29H24N2O2/c32-28-20-29(33)25(19-24(28)18-22-11-5-2-6-12-22)27-15-16-30-31(27)26-14-8-7-13-23(26)17-21-9-3-1-4-10-21/h1-16,19-20,32-33H,17-18H2. The summed E-state index contributed by atoms with van der Waals surface area (Å²) in [4.78, 5) is 0. The largest absolute Gasteiger partial charge is 0.508 e. The zero-order valence-corrected chi connectivity index (χ0v) is 18.1. The van der Waals surface area contributed by atoms with Gasteiger partial charge in [-0.15, -0.1) is 0 Å². The minimum Gasteiger partial charge on any atom is -0.508 e. The zero-order valence-electron chi connectivity index (χ0n) is 18.1. The third kappa shape index (κ3) is 4.37. The molecular formula is C29H24N2O2. The van der Waals surface area contributed by atoms with Crippen LogP contribution in [0, 0.1) is 0 Å². The number of aromatic hydroxyl groups is 2. The quantitative estimate of drug-likeness (QED) is 0.339. The lowest BCUT2D eigenvalue weighted by Gasteiger charge is -2.15. The Morgan fingerprint density at radius 3 is 1.91 bits per heavy atom. The number of benzene rings is 4. The van der Waals surface area contributed by atoms with E-state index in [-0.39, 0.29) is 11.5 Å². The summed E-state index contributed by atoms with van der Waals surface area (Å²) in [5, 5.41) is 25.8. The Morgan fingerprint density at radius 2 is 1.21 bits per heavy atom. The van der Waals surface area contributed by atoms with E-state index in [0.717, 1.165) is 34.5 Å². The molecule has 1 heterocycles. The van der Waals surface area contributed by atoms with Gasteiger partial charge in [-0.05, 0) is 46.9 Å². The highest BCUT2D eigenvalue weighted by Crippen LogP contribution is 2.37. The molecule has 0 saturated carbocycles. The van der Waals surface area contributed by atoms with Crippen molar-refractivity contribution in [1.29, 1.82) is 0 Å². The van der Waals surface area contributed by atoms with Crippen LogP contribution in [0.15, 0.2) is 109 Å². The van der Waals surface area contributed by atoms with Crippen molar-refractivity contribution in [2.24, 2.45) is 0 Å². The number of phenols is 2. The first kappa shape index (κ1) is 20.6. The molecule has 5 rings (SSSR count). The highest BCUT2D eigenvalue weighted by molar-refractivity contribution is 5.72. The van der Waals surface area contributed by atoms with Crippen molar-refractivity contribution in [3.63, 3.8) is 0 Å². The number of hydrogen-bond acceptors (Lipinski definition) is 3. The van der Waals surface area contributed by atoms with Gasteiger partial charge < -0.3 is 10.2 Å². The van der Waals surface area contributed by atoms with Crippen LogP contribution in [0.25, 0.3) is 16.9 Å². The van der Waals surface area contributed by atoms with E-state index in [1.54, 1.807) is 6.20 Å². The first-order valence-electron chi connectivity index (χ1n) is 10.9. The fourth-order valence-electron chi connectivity index (χ4n) is 4.17. The third-order valence-electron chi connectivity index (χ3n) is 5.81. The van der Waals surface area contributed by atoms with E-state index in [2.05, 4.69) is 23.3 Å². The van der Waals surface area contributed by atoms with E-state index >= 15 is 0 Å². The topological polar surface area (TPSA) is 58.3 Å². The molecule has 0 aliphatic heterocycles. The number of hydrogen-bond donors (Lipinski definition) is 2. The van der Waals surface area contributed by atoms with Gasteiger partial charge in [-0.2, -0.15) is 5.10 Å². The molecule has 5 aromatic rings. The van der Waals surface area contributed by atoms with Gasteiger partial charge in [0.2, 0.25) is 0 Å². The predicted octanol–water partition coefficient (Wildman–Crippen LogP) is 6.13. The summed E-state index contributed by atoms with van der Waals surface area (Å²) in [5.74, 6) is 0.0993. The lowest BCUT2D eigenvalue weighted by molar-refractivity contribution is 0.448. The summed E-state index contributed by atoms with van der Waals surface area (Å²) >= 11 is 0. The molecule has 0 atom stereocenters. The molecule has 0 aliphatic carbocycles. The maximum atomic E-state index is 10.7. The summed E-state index contributed by atoms with van der Waals surface area (Å²) < 4.78 is 1.86. The van der Waals surface area contributed by atoms with Crippen LogP contribution in [0.3, 0.4) is 0 Å². The van der Waals surface area contributed by atoms with Gasteiger partial charge in [0.1, 0.15) is 11.5 Å². The van der Waals surface area contributed by atoms with Crippen molar-refractivity contribution in [2.45, 2.75) is 12.8 Å². The first-order chi connectivity index (χ1) is 16.2. The Kier molecular flexibility index (Phi) is 5.64. The van der Waals surface area contributed by atoms with Crippen LogP contribution < -0.4 is 0 Å². The smallest absolute Gasteiger partial charge is 0.128 e. The third-order valence-corrected chi connectivity index (χ3v) is 5.81. The summed E-state index contributed by atoms with van der Waals surface area (Å²) in [5.41, 5.74) is 6.55. The molecule has 1 aromatic heterocycles. The molecule has 0 spiro atoms. The van der Waals surface area contributed by atoms with Crippen LogP contribution in [0.4, 0.5) is 0 Å². The summed E-state index contributed by atoms with van der Waals surface area (Å²) in [6.45, 7) is 0. The number of aromatic nitrogens is 2. The number of nitrogens with zero attached hydrogens (tertiary/aromatic N) is 2. The monoisotopic (exact) mass is 432 g/mol. The van der Waals surface area contributed by atoms with Crippen molar-refractivity contribution in [1.82, 2.24) is 9.78 Å². The van der Waals surface area contributed by atoms with Gasteiger partial charge in [0.05, 0.1) is 17.6 Å². The summed E-state index contributed by atoms with van der Waals surface area (Å²) in [7, 11) is 0. The molecule has 0 radical (unpaired) electrons. The lowest BCUT2D eigenvalue weighted by atomic mass is 9.99. The predicted molar refractivity (Wildman–Crippen MR) is 131 cm³/mol. The Labute approximate surface area is 193 Å². The van der Waals surface area contributed by atoms with Crippen LogP contribution in [-0.2, 0) is 12.8 Å². The zero-order chi connectivity index (χ0) is 22.6. The van der Waals surface area contributed by atoms with Crippen molar-refractivity contribution < 1.29 is 10.2 Å². The normalized spacial score (nSPS) is 10.9. The molecule has 0 bridgehead atoms. The van der Waals surface area contributed by atoms with Crippen molar-refractivity contribution >= 4 is 0 Å². The van der Waals surface area contributed by atoms with Crippen LogP contribution in [0.1, 0.15) is 22.3 Å². The molecule has 2 N–H and O–H groups in total. The molecule has 0 amide bonds. The molecule has 4 aromatic carbocycles. The van der Waals surface area contributed by atoms with Gasteiger partial charge in [-0.25, -0.2) is 4.68 Å². The Morgan fingerprint density at radius 1 is 0.606 bits per heavy atom. The first-order valence-corrected chi connectivity index (χ1v) is 10.9. The highest BCUT2D eigenvalue weighted by atomic mass is 16.3. The average molecular weight is 433 g/mol. The van der Waals surface area contributed by atoms with Gasteiger partial charge >= 0.3 is 0 Å². The van der Waals surface area contributed by atoms with Gasteiger partial charge in [-0.3, -0.25) is 0 Å². The average Bonchev–Trinajstić information content (AvgIpc) is 3.32. The number of para-hydroxylation sites is 1. The van der Waals surface area contributed by atoms with Crippen LogP contribution in [0.5, 0.6) is 11.5 Å². The van der Waals surface area contributed by atoms with E-state index in [0.29, 0.717) is 12.0 Å². The fraction of sp³-hybridized carbons (Fsp3) is 0.0690. The van der Waals surface area contributed by atoms with Gasteiger partial charge in [0.25, 0.3) is 0 Å². The summed E-state index contributed by atoms with van der Waals surface area (Å²) in [6, 6.07) is 33.6. The Bertz CT molecular complexity index is 1380. The SMILES string of the molecule is Oc1cc(O)c(-c2ccnn2-c2ccccc2Cc2ccccc2)cc1Cc1ccccc1. The minimum atomic E-state index is 0.0200. The van der Waals surface area contributed by atoms with Gasteiger partial charge in [0.15, 0.2) is 0 Å². The number of phenolic OH excluding ortho intramolecular Hbond substituents is 2. The summed E-state index contributed by atoms with van der Waals surface area (Å²) in [6.07, 6.45) is 3.08. The van der Waals surface area contributed by atoms with Gasteiger partial charge in [0, 0.05) is 18.1 Å². The van der Waals surface area contributed by atoms with E-state index in [4.69, 9.17) is 0 Å². The van der Waals surface area contributed by atoms with Crippen molar-refractivity contribution in [3.8, 4) is 28.4 Å². The number of rotatable bonds is 6. The van der Waals surface area contributed by atoms with Crippen LogP contribution in [-0.4, -0.2) is 20.0 Å². The lowest BCUT2D eigenvalue weighted by Crippen LogP contribution is -2.04. The molecule has 0 aliphatic rings. The molecule has 4 nitrogen and oxygen atoms in total. The Hall–Kier alpha value is -4.31. The molecule has 0 fully saturated rings. The molecular weight excluding hydrogens is 408 g/mol. The second-order valence-electron chi connectivity index (χ2n) is 8.08.